The second kappa shape index (κ2) is 12.0. The van der Waals surface area contributed by atoms with Crippen molar-refractivity contribution in [3.05, 3.63) is 63.9 Å². The molecule has 0 fully saturated rings. The largest absolute Gasteiger partial charge is 0.493 e. The van der Waals surface area contributed by atoms with Gasteiger partial charge in [-0.05, 0) is 49.2 Å². The van der Waals surface area contributed by atoms with E-state index in [-0.39, 0.29) is 17.0 Å². The molecule has 0 unspecified atom stereocenters. The maximum absolute atomic E-state index is 13.2. The summed E-state index contributed by atoms with van der Waals surface area (Å²) in [6.45, 7) is 7.05. The van der Waals surface area contributed by atoms with Gasteiger partial charge in [-0.2, -0.15) is 4.31 Å². The fourth-order valence-corrected chi connectivity index (χ4v) is 5.40. The number of sulfonamides is 1. The molecule has 0 radical (unpaired) electrons. The molecule has 0 aliphatic carbocycles. The number of benzene rings is 2. The summed E-state index contributed by atoms with van der Waals surface area (Å²) in [4.78, 5) is 28.1. The van der Waals surface area contributed by atoms with Crippen molar-refractivity contribution in [1.29, 1.82) is 0 Å². The highest BCUT2D eigenvalue weighted by Gasteiger charge is 2.24. The lowest BCUT2D eigenvalue weighted by Crippen LogP contribution is -2.32. The number of unbranched alkanes of at least 4 members (excludes halogenated alkanes) is 1. The number of methoxy groups -OCH3 is 1. The van der Waals surface area contributed by atoms with Crippen molar-refractivity contribution in [2.24, 2.45) is 0 Å². The van der Waals surface area contributed by atoms with Crippen molar-refractivity contribution in [2.75, 3.05) is 26.8 Å². The van der Waals surface area contributed by atoms with E-state index in [1.807, 2.05) is 13.8 Å². The number of aromatic amines is 1. The van der Waals surface area contributed by atoms with Gasteiger partial charge in [-0.25, -0.2) is 8.42 Å². The molecule has 2 aromatic carbocycles. The summed E-state index contributed by atoms with van der Waals surface area (Å²) in [6, 6.07) is 10.9. The molecule has 36 heavy (non-hydrogen) atoms. The molecule has 2 N–H and O–H groups in total. The van der Waals surface area contributed by atoms with Gasteiger partial charge in [-0.3, -0.25) is 9.59 Å². The average Bonchev–Trinajstić information content (AvgIpc) is 2.87. The lowest BCUT2D eigenvalue weighted by Gasteiger charge is -2.20. The molecule has 0 saturated heterocycles. The van der Waals surface area contributed by atoms with Crippen LogP contribution in [-0.4, -0.2) is 50.4 Å². The lowest BCUT2D eigenvalue weighted by molar-refractivity contribution is 0.0952. The molecule has 3 aromatic rings. The second-order valence-electron chi connectivity index (χ2n) is 8.21. The number of carbonyl (C=O) groups excluding carboxylic acids is 1. The summed E-state index contributed by atoms with van der Waals surface area (Å²) in [5.74, 6) is 0.654. The summed E-state index contributed by atoms with van der Waals surface area (Å²) in [7, 11) is -2.20. The minimum absolute atomic E-state index is 0.0746. The molecule has 1 amide bonds. The lowest BCUT2D eigenvalue weighted by atomic mass is 10.1. The van der Waals surface area contributed by atoms with E-state index >= 15 is 0 Å². The van der Waals surface area contributed by atoms with Gasteiger partial charge in [0.25, 0.3) is 5.91 Å². The molecule has 0 spiro atoms. The third-order valence-corrected chi connectivity index (χ3v) is 7.76. The van der Waals surface area contributed by atoms with Crippen LogP contribution in [0, 0.1) is 0 Å². The Morgan fingerprint density at radius 2 is 1.83 bits per heavy atom. The van der Waals surface area contributed by atoms with Gasteiger partial charge >= 0.3 is 0 Å². The Morgan fingerprint density at radius 3 is 2.50 bits per heavy atom. The Labute approximate surface area is 211 Å². The first kappa shape index (κ1) is 27.2. The van der Waals surface area contributed by atoms with Crippen molar-refractivity contribution in [3.63, 3.8) is 0 Å². The van der Waals surface area contributed by atoms with Crippen LogP contribution < -0.4 is 20.3 Å². The first-order valence-electron chi connectivity index (χ1n) is 12.0. The number of amides is 1. The molecule has 0 aliphatic rings. The van der Waals surface area contributed by atoms with Crippen LogP contribution in [-0.2, 0) is 16.6 Å². The molecule has 0 aliphatic heterocycles. The summed E-state index contributed by atoms with van der Waals surface area (Å²) in [5, 5.41) is 3.16. The van der Waals surface area contributed by atoms with Crippen LogP contribution in [0.15, 0.2) is 52.2 Å². The molecular formula is C26H33N3O6S. The van der Waals surface area contributed by atoms with E-state index < -0.39 is 21.5 Å². The van der Waals surface area contributed by atoms with Crippen LogP contribution in [0.2, 0.25) is 0 Å². The fraction of sp³-hybridized carbons (Fsp3) is 0.385. The number of pyridine rings is 1. The highest BCUT2D eigenvalue weighted by molar-refractivity contribution is 7.89. The number of hydrogen-bond donors (Lipinski definition) is 2. The molecule has 0 atom stereocenters. The summed E-state index contributed by atoms with van der Waals surface area (Å²) in [6.07, 6.45) is 1.62. The Balaban J connectivity index is 1.93. The van der Waals surface area contributed by atoms with E-state index in [2.05, 4.69) is 10.3 Å². The molecular weight excluding hydrogens is 482 g/mol. The van der Waals surface area contributed by atoms with Crippen molar-refractivity contribution >= 4 is 26.8 Å². The predicted octanol–water partition coefficient (Wildman–Crippen LogP) is 3.68. The SMILES string of the molecule is CCCCN(CC)S(=O)(=O)c1ccc2[nH]c(=O)cc(C(=O)NCc3ccc(OC)c(OCC)c3)c2c1. The molecule has 194 valence electrons. The van der Waals surface area contributed by atoms with E-state index in [1.165, 1.54) is 28.6 Å². The second-order valence-corrected chi connectivity index (χ2v) is 10.1. The van der Waals surface area contributed by atoms with E-state index in [9.17, 15) is 18.0 Å². The molecule has 0 bridgehead atoms. The maximum Gasteiger partial charge on any atom is 0.252 e. The molecule has 9 nitrogen and oxygen atoms in total. The van der Waals surface area contributed by atoms with Gasteiger partial charge in [-0.15, -0.1) is 0 Å². The van der Waals surface area contributed by atoms with Crippen LogP contribution in [0.1, 0.15) is 49.5 Å². The Hall–Kier alpha value is -3.37. The number of fused-ring (bicyclic) bond motifs is 1. The van der Waals surface area contributed by atoms with Crippen molar-refractivity contribution < 1.29 is 22.7 Å². The van der Waals surface area contributed by atoms with Gasteiger partial charge in [0.05, 0.1) is 24.2 Å². The average molecular weight is 516 g/mol. The highest BCUT2D eigenvalue weighted by Crippen LogP contribution is 2.28. The normalized spacial score (nSPS) is 11.6. The number of carbonyl (C=O) groups is 1. The number of nitrogens with zero attached hydrogens (tertiary/aromatic N) is 1. The number of rotatable bonds is 12. The van der Waals surface area contributed by atoms with Gasteiger partial charge in [-0.1, -0.05) is 26.3 Å². The van der Waals surface area contributed by atoms with Gasteiger partial charge < -0.3 is 19.8 Å². The molecule has 1 heterocycles. The number of hydrogen-bond acceptors (Lipinski definition) is 6. The number of nitrogens with one attached hydrogen (secondary N) is 2. The topological polar surface area (TPSA) is 118 Å². The zero-order valence-electron chi connectivity index (χ0n) is 21.1. The summed E-state index contributed by atoms with van der Waals surface area (Å²) >= 11 is 0. The number of aromatic nitrogens is 1. The van der Waals surface area contributed by atoms with Crippen LogP contribution in [0.25, 0.3) is 10.9 Å². The van der Waals surface area contributed by atoms with E-state index in [4.69, 9.17) is 9.47 Å². The zero-order valence-corrected chi connectivity index (χ0v) is 21.9. The zero-order chi connectivity index (χ0) is 26.3. The quantitative estimate of drug-likeness (QED) is 0.380. The maximum atomic E-state index is 13.2. The Bertz CT molecular complexity index is 1380. The summed E-state index contributed by atoms with van der Waals surface area (Å²) in [5.41, 5.74) is 0.802. The van der Waals surface area contributed by atoms with Crippen LogP contribution in [0.5, 0.6) is 11.5 Å². The minimum atomic E-state index is -3.76. The first-order chi connectivity index (χ1) is 17.2. The fourth-order valence-electron chi connectivity index (χ4n) is 3.89. The van der Waals surface area contributed by atoms with Gasteiger partial charge in [0.2, 0.25) is 15.6 Å². The third-order valence-electron chi connectivity index (χ3n) is 5.79. The molecule has 10 heteroatoms. The van der Waals surface area contributed by atoms with Crippen LogP contribution >= 0.6 is 0 Å². The number of H-pyrrole nitrogens is 1. The highest BCUT2D eigenvalue weighted by atomic mass is 32.2. The van der Waals surface area contributed by atoms with E-state index in [0.717, 1.165) is 18.4 Å². The van der Waals surface area contributed by atoms with Crippen molar-refractivity contribution in [2.45, 2.75) is 45.1 Å². The van der Waals surface area contributed by atoms with E-state index in [1.54, 1.807) is 32.2 Å². The van der Waals surface area contributed by atoms with Crippen molar-refractivity contribution in [1.82, 2.24) is 14.6 Å². The molecule has 3 rings (SSSR count). The van der Waals surface area contributed by atoms with Gasteiger partial charge in [0.1, 0.15) is 0 Å². The van der Waals surface area contributed by atoms with Crippen LogP contribution in [0.4, 0.5) is 0 Å². The Morgan fingerprint density at radius 1 is 1.06 bits per heavy atom. The van der Waals surface area contributed by atoms with Crippen molar-refractivity contribution in [3.8, 4) is 11.5 Å². The summed E-state index contributed by atoms with van der Waals surface area (Å²) < 4.78 is 38.8. The third kappa shape index (κ3) is 6.06. The predicted molar refractivity (Wildman–Crippen MR) is 139 cm³/mol. The smallest absolute Gasteiger partial charge is 0.252 e. The van der Waals surface area contributed by atoms with E-state index in [0.29, 0.717) is 42.1 Å². The monoisotopic (exact) mass is 515 g/mol. The molecule has 0 saturated carbocycles. The standard InChI is InChI=1S/C26H33N3O6S/c1-5-8-13-29(6-2)36(32,33)19-10-11-22-20(15-19)21(16-25(30)28-22)26(31)27-17-18-9-12-23(34-4)24(14-18)35-7-3/h9-12,14-16H,5-8,13,17H2,1-4H3,(H,27,31)(H,28,30). The minimum Gasteiger partial charge on any atom is -0.493 e. The molecule has 1 aromatic heterocycles. The van der Waals surface area contributed by atoms with Crippen LogP contribution in [0.3, 0.4) is 0 Å². The Kier molecular flexibility index (Phi) is 9.11. The number of ether oxygens (including phenoxy) is 2. The first-order valence-corrected chi connectivity index (χ1v) is 13.4. The van der Waals surface area contributed by atoms with Gasteiger partial charge in [0, 0.05) is 36.6 Å². The van der Waals surface area contributed by atoms with Gasteiger partial charge in [0.15, 0.2) is 11.5 Å².